The number of thiazole rings is 1. The average molecular weight is 493 g/mol. The molecule has 2 N–H and O–H groups in total. The van der Waals surface area contributed by atoms with Crippen LogP contribution in [-0.4, -0.2) is 16.2 Å². The number of benzene rings is 3. The third-order valence-electron chi connectivity index (χ3n) is 6.69. The van der Waals surface area contributed by atoms with Crippen molar-refractivity contribution in [2.75, 3.05) is 11.9 Å². The van der Waals surface area contributed by atoms with Gasteiger partial charge in [-0.05, 0) is 59.9 Å². The van der Waals surface area contributed by atoms with Gasteiger partial charge in [0.25, 0.3) is 0 Å². The third-order valence-corrected chi connectivity index (χ3v) is 7.79. The number of nitriles is 1. The molecule has 0 fully saturated rings. The molecule has 5 nitrogen and oxygen atoms in total. The summed E-state index contributed by atoms with van der Waals surface area (Å²) in [6.45, 7) is 7.59. The highest BCUT2D eigenvalue weighted by atomic mass is 32.1. The molecule has 0 radical (unpaired) electrons. The Morgan fingerprint density at radius 3 is 2.56 bits per heavy atom. The maximum Gasteiger partial charge on any atom is 0.211 e. The summed E-state index contributed by atoms with van der Waals surface area (Å²) in [6, 6.07) is 26.2. The first-order chi connectivity index (χ1) is 17.5. The van der Waals surface area contributed by atoms with Gasteiger partial charge in [0.2, 0.25) is 5.88 Å². The summed E-state index contributed by atoms with van der Waals surface area (Å²) in [4.78, 5) is 6.53. The van der Waals surface area contributed by atoms with E-state index in [0.717, 1.165) is 28.2 Å². The van der Waals surface area contributed by atoms with Crippen molar-refractivity contribution >= 4 is 33.9 Å². The third kappa shape index (κ3) is 4.23. The number of allylic oxidation sites excluding steroid dienone is 2. The lowest BCUT2D eigenvalue weighted by Crippen LogP contribution is -2.15. The lowest BCUT2D eigenvalue weighted by Gasteiger charge is -2.11. The Morgan fingerprint density at radius 1 is 1.08 bits per heavy atom. The van der Waals surface area contributed by atoms with E-state index < -0.39 is 0 Å². The summed E-state index contributed by atoms with van der Waals surface area (Å²) in [7, 11) is 0. The quantitative estimate of drug-likeness (QED) is 0.308. The summed E-state index contributed by atoms with van der Waals surface area (Å²) in [5.74, 6) is 0.390. The van der Waals surface area contributed by atoms with E-state index in [1.165, 1.54) is 28.0 Å². The maximum atomic E-state index is 11.6. The predicted molar refractivity (Wildman–Crippen MR) is 147 cm³/mol. The van der Waals surface area contributed by atoms with Crippen LogP contribution >= 0.6 is 11.3 Å². The largest absolute Gasteiger partial charge is 0.493 e. The number of nitrogens with one attached hydrogen (secondary N) is 1. The van der Waals surface area contributed by atoms with Crippen LogP contribution in [0.1, 0.15) is 53.8 Å². The van der Waals surface area contributed by atoms with E-state index in [1.54, 1.807) is 12.1 Å². The Hall–Kier alpha value is -4.08. The molecular weight excluding hydrogens is 464 g/mol. The lowest BCUT2D eigenvalue weighted by atomic mass is 9.97. The highest BCUT2D eigenvalue weighted by Gasteiger charge is 2.30. The van der Waals surface area contributed by atoms with E-state index in [9.17, 15) is 10.4 Å². The zero-order chi connectivity index (χ0) is 25.2. The fourth-order valence-corrected chi connectivity index (χ4v) is 6.15. The molecule has 5 rings (SSSR count). The second-order valence-corrected chi connectivity index (χ2v) is 9.92. The molecule has 0 amide bonds. The molecule has 0 saturated heterocycles. The van der Waals surface area contributed by atoms with Crippen LogP contribution in [0.2, 0.25) is 0 Å². The normalized spacial score (nSPS) is 15.2. The average Bonchev–Trinajstić information content (AvgIpc) is 3.33. The molecule has 36 heavy (non-hydrogen) atoms. The number of rotatable bonds is 6. The van der Waals surface area contributed by atoms with Gasteiger partial charge in [0.15, 0.2) is 4.80 Å². The van der Waals surface area contributed by atoms with Gasteiger partial charge in [-0.15, -0.1) is 0 Å². The van der Waals surface area contributed by atoms with Crippen molar-refractivity contribution in [2.45, 2.75) is 33.2 Å². The Balaban J connectivity index is 1.72. The molecular formula is C30H28N4OS. The number of hydrogen-bond donors (Lipinski definition) is 2. The molecule has 180 valence electrons. The van der Waals surface area contributed by atoms with Crippen molar-refractivity contribution in [3.05, 3.63) is 105 Å². The number of aromatic hydroxyl groups is 1. The highest BCUT2D eigenvalue weighted by molar-refractivity contribution is 7.10. The van der Waals surface area contributed by atoms with E-state index >= 15 is 0 Å². The van der Waals surface area contributed by atoms with Crippen LogP contribution in [0, 0.1) is 11.3 Å². The summed E-state index contributed by atoms with van der Waals surface area (Å²) in [6.07, 6.45) is 0. The Kier molecular flexibility index (Phi) is 6.49. The van der Waals surface area contributed by atoms with Crippen molar-refractivity contribution in [2.24, 2.45) is 4.99 Å². The van der Waals surface area contributed by atoms with Crippen molar-refractivity contribution in [3.63, 3.8) is 0 Å². The summed E-state index contributed by atoms with van der Waals surface area (Å²) in [5.41, 5.74) is 7.99. The molecule has 3 aromatic carbocycles. The van der Waals surface area contributed by atoms with Gasteiger partial charge in [0.1, 0.15) is 0 Å². The van der Waals surface area contributed by atoms with Crippen LogP contribution in [-0.2, 0) is 6.54 Å². The van der Waals surface area contributed by atoms with Crippen LogP contribution in [0.15, 0.2) is 77.8 Å². The molecule has 0 aliphatic heterocycles. The SMILES string of the molecule is CCNc1ccc(C#N)cc1N=c1sc(C2=C(C)c3ccccc3C2C)c(O)n1Cc1ccccc1. The van der Waals surface area contributed by atoms with E-state index in [0.29, 0.717) is 22.6 Å². The fraction of sp³-hybridized carbons (Fsp3) is 0.200. The minimum absolute atomic E-state index is 0.169. The number of nitrogens with zero attached hydrogens (tertiary/aromatic N) is 3. The first-order valence-corrected chi connectivity index (χ1v) is 12.9. The van der Waals surface area contributed by atoms with Crippen molar-refractivity contribution in [3.8, 4) is 11.9 Å². The molecule has 0 saturated carbocycles. The summed E-state index contributed by atoms with van der Waals surface area (Å²) < 4.78 is 1.88. The van der Waals surface area contributed by atoms with Gasteiger partial charge in [0, 0.05) is 12.5 Å². The van der Waals surface area contributed by atoms with Gasteiger partial charge in [-0.2, -0.15) is 5.26 Å². The summed E-state index contributed by atoms with van der Waals surface area (Å²) >= 11 is 1.49. The monoisotopic (exact) mass is 492 g/mol. The zero-order valence-corrected chi connectivity index (χ0v) is 21.4. The second-order valence-electron chi connectivity index (χ2n) is 8.94. The Labute approximate surface area is 215 Å². The molecule has 1 heterocycles. The maximum absolute atomic E-state index is 11.6. The Bertz CT molecular complexity index is 1570. The smallest absolute Gasteiger partial charge is 0.211 e. The van der Waals surface area contributed by atoms with Gasteiger partial charge in [-0.3, -0.25) is 4.57 Å². The topological polar surface area (TPSA) is 73.3 Å². The number of fused-ring (bicyclic) bond motifs is 1. The molecule has 1 aliphatic carbocycles. The van der Waals surface area contributed by atoms with Crippen molar-refractivity contribution in [1.82, 2.24) is 4.57 Å². The summed E-state index contributed by atoms with van der Waals surface area (Å²) in [5, 5.41) is 24.4. The van der Waals surface area contributed by atoms with Gasteiger partial charge >= 0.3 is 0 Å². The molecule has 1 aromatic heterocycles. The van der Waals surface area contributed by atoms with Crippen molar-refractivity contribution < 1.29 is 5.11 Å². The number of aromatic nitrogens is 1. The van der Waals surface area contributed by atoms with Crippen LogP contribution in [0.3, 0.4) is 0 Å². The Morgan fingerprint density at radius 2 is 1.83 bits per heavy atom. The molecule has 1 aliphatic rings. The van der Waals surface area contributed by atoms with Gasteiger partial charge in [-0.25, -0.2) is 4.99 Å². The molecule has 1 atom stereocenters. The fourth-order valence-electron chi connectivity index (χ4n) is 4.92. The van der Waals surface area contributed by atoms with Gasteiger partial charge < -0.3 is 10.4 Å². The number of anilines is 1. The number of hydrogen-bond acceptors (Lipinski definition) is 5. The highest BCUT2D eigenvalue weighted by Crippen LogP contribution is 2.49. The van der Waals surface area contributed by atoms with Gasteiger partial charge in [0.05, 0.1) is 34.4 Å². The molecule has 6 heteroatoms. The van der Waals surface area contributed by atoms with E-state index in [-0.39, 0.29) is 11.8 Å². The van der Waals surface area contributed by atoms with Crippen LogP contribution < -0.4 is 10.1 Å². The lowest BCUT2D eigenvalue weighted by molar-refractivity contribution is 0.419. The van der Waals surface area contributed by atoms with Crippen LogP contribution in [0.25, 0.3) is 11.1 Å². The minimum atomic E-state index is 0.169. The van der Waals surface area contributed by atoms with E-state index in [4.69, 9.17) is 4.99 Å². The van der Waals surface area contributed by atoms with Crippen LogP contribution in [0.4, 0.5) is 11.4 Å². The van der Waals surface area contributed by atoms with E-state index in [1.807, 2.05) is 47.9 Å². The minimum Gasteiger partial charge on any atom is -0.493 e. The first kappa shape index (κ1) is 23.7. The molecule has 1 unspecified atom stereocenters. The molecule has 0 bridgehead atoms. The zero-order valence-electron chi connectivity index (χ0n) is 20.6. The molecule has 4 aromatic rings. The predicted octanol–water partition coefficient (Wildman–Crippen LogP) is 6.89. The standard InChI is InChI=1S/C30H28N4OS/c1-4-32-25-15-14-22(17-31)16-26(25)33-30-34(18-21-10-6-5-7-11-21)29(35)28(36-30)27-19(2)23-12-8-9-13-24(23)20(27)3/h5-16,19,32,35H,4,18H2,1-3H3. The van der Waals surface area contributed by atoms with E-state index in [2.05, 4.69) is 49.5 Å². The van der Waals surface area contributed by atoms with Crippen LogP contribution in [0.5, 0.6) is 5.88 Å². The van der Waals surface area contributed by atoms with Crippen molar-refractivity contribution in [1.29, 1.82) is 5.26 Å². The van der Waals surface area contributed by atoms with Gasteiger partial charge in [-0.1, -0.05) is 72.9 Å². The second kappa shape index (κ2) is 9.88. The first-order valence-electron chi connectivity index (χ1n) is 12.1. The molecule has 0 spiro atoms.